The Bertz CT molecular complexity index is 603. The van der Waals surface area contributed by atoms with Crippen LogP contribution >= 0.6 is 39.7 Å². The highest BCUT2D eigenvalue weighted by atomic mass is 79.9. The topological polar surface area (TPSA) is 72.2 Å². The van der Waals surface area contributed by atoms with E-state index in [0.29, 0.717) is 4.47 Å². The van der Waals surface area contributed by atoms with Gasteiger partial charge in [0.25, 0.3) is 0 Å². The minimum absolute atomic E-state index is 0.0242. The maximum absolute atomic E-state index is 12.1. The first-order chi connectivity index (χ1) is 8.56. The first-order valence-corrected chi connectivity index (χ1v) is 8.37. The van der Waals surface area contributed by atoms with Crippen molar-refractivity contribution in [1.82, 2.24) is 4.72 Å². The van der Waals surface area contributed by atoms with Gasteiger partial charge in [-0.2, -0.15) is 0 Å². The summed E-state index contributed by atoms with van der Waals surface area (Å²) in [6.45, 7) is 3.64. The molecule has 0 aromatic heterocycles. The number of thiocarbonyl (C=S) groups is 1. The largest absolute Gasteiger partial charge is 0.393 e. The molecular weight excluding hydrogens is 372 g/mol. The Morgan fingerprint density at radius 1 is 1.53 bits per heavy atom. The molecule has 0 aliphatic carbocycles. The minimum Gasteiger partial charge on any atom is -0.393 e. The molecule has 0 fully saturated rings. The predicted molar refractivity (Wildman–Crippen MR) is 84.9 cm³/mol. The fraction of sp³-hybridized carbons (Fsp3) is 0.364. The molecule has 4 nitrogen and oxygen atoms in total. The third kappa shape index (κ3) is 4.39. The summed E-state index contributed by atoms with van der Waals surface area (Å²) in [6.07, 6.45) is 0. The second kappa shape index (κ2) is 6.05. The lowest BCUT2D eigenvalue weighted by Crippen LogP contribution is -2.41. The monoisotopic (exact) mass is 384 g/mol. The maximum Gasteiger partial charge on any atom is 0.242 e. The van der Waals surface area contributed by atoms with Gasteiger partial charge in [0.15, 0.2) is 0 Å². The van der Waals surface area contributed by atoms with Crippen LogP contribution in [0.5, 0.6) is 0 Å². The van der Waals surface area contributed by atoms with E-state index in [2.05, 4.69) is 20.7 Å². The van der Waals surface area contributed by atoms with Crippen LogP contribution in [0.3, 0.4) is 0 Å². The molecule has 0 saturated carbocycles. The zero-order valence-corrected chi connectivity index (χ0v) is 14.4. The molecule has 19 heavy (non-hydrogen) atoms. The molecule has 0 radical (unpaired) electrons. The van der Waals surface area contributed by atoms with E-state index in [1.54, 1.807) is 19.9 Å². The van der Waals surface area contributed by atoms with E-state index >= 15 is 0 Å². The number of hydrogen-bond donors (Lipinski definition) is 2. The van der Waals surface area contributed by atoms with Crippen molar-refractivity contribution in [1.29, 1.82) is 0 Å². The van der Waals surface area contributed by atoms with Crippen LogP contribution in [0.25, 0.3) is 0 Å². The van der Waals surface area contributed by atoms with E-state index < -0.39 is 15.4 Å². The first-order valence-electron chi connectivity index (χ1n) is 5.31. The smallest absolute Gasteiger partial charge is 0.242 e. The van der Waals surface area contributed by atoms with Gasteiger partial charge in [-0.05, 0) is 18.2 Å². The molecule has 0 atom stereocenters. The molecule has 1 aromatic carbocycles. The number of hydrogen-bond acceptors (Lipinski definition) is 3. The maximum atomic E-state index is 12.1. The fourth-order valence-corrected chi connectivity index (χ4v) is 3.45. The summed E-state index contributed by atoms with van der Waals surface area (Å²) in [6, 6.07) is 4.57. The molecule has 0 aliphatic heterocycles. The van der Waals surface area contributed by atoms with Crippen LogP contribution in [0.15, 0.2) is 27.6 Å². The molecule has 0 unspecified atom stereocenters. The standard InChI is InChI=1S/C11H14BrClN2O2S2/c1-11(2,10(14)18)6-15-19(16,17)9-4-3-7(12)5-8(9)13/h3-5,15H,6H2,1-2H3,(H2,14,18). The molecule has 0 bridgehead atoms. The predicted octanol–water partition coefficient (Wildman–Crippen LogP) is 2.69. The SMILES string of the molecule is CC(C)(CNS(=O)(=O)c1ccc(Br)cc1Cl)C(N)=S. The molecule has 1 rings (SSSR count). The van der Waals surface area contributed by atoms with E-state index in [1.165, 1.54) is 12.1 Å². The molecule has 1 aromatic rings. The van der Waals surface area contributed by atoms with Gasteiger partial charge in [0.2, 0.25) is 10.0 Å². The Balaban J connectivity index is 2.97. The molecule has 106 valence electrons. The van der Waals surface area contributed by atoms with Crippen molar-refractivity contribution in [2.45, 2.75) is 18.7 Å². The summed E-state index contributed by atoms with van der Waals surface area (Å²) in [4.78, 5) is 0.271. The number of nitrogens with one attached hydrogen (secondary N) is 1. The Hall–Kier alpha value is -0.210. The highest BCUT2D eigenvalue weighted by Crippen LogP contribution is 2.25. The summed E-state index contributed by atoms with van der Waals surface area (Å²) in [7, 11) is -3.69. The van der Waals surface area contributed by atoms with Crippen LogP contribution in [0, 0.1) is 5.41 Å². The lowest BCUT2D eigenvalue weighted by atomic mass is 9.94. The number of rotatable bonds is 5. The van der Waals surface area contributed by atoms with Gasteiger partial charge in [-0.3, -0.25) is 0 Å². The summed E-state index contributed by atoms with van der Waals surface area (Å²) in [5.41, 5.74) is 4.95. The van der Waals surface area contributed by atoms with Gasteiger partial charge < -0.3 is 5.73 Å². The quantitative estimate of drug-likeness (QED) is 0.764. The van der Waals surface area contributed by atoms with Gasteiger partial charge in [0.05, 0.1) is 10.0 Å². The van der Waals surface area contributed by atoms with Crippen LogP contribution in [-0.2, 0) is 10.0 Å². The number of sulfonamides is 1. The normalized spacial score (nSPS) is 12.4. The molecule has 0 amide bonds. The Morgan fingerprint density at radius 2 is 2.11 bits per heavy atom. The van der Waals surface area contributed by atoms with Gasteiger partial charge in [-0.15, -0.1) is 0 Å². The first kappa shape index (κ1) is 16.8. The zero-order valence-electron chi connectivity index (χ0n) is 10.4. The van der Waals surface area contributed by atoms with Gasteiger partial charge in [0.1, 0.15) is 4.90 Å². The van der Waals surface area contributed by atoms with Crippen molar-refractivity contribution in [3.63, 3.8) is 0 Å². The van der Waals surface area contributed by atoms with Crippen LogP contribution in [-0.4, -0.2) is 20.0 Å². The highest BCUT2D eigenvalue weighted by Gasteiger charge is 2.26. The Kier molecular flexibility index (Phi) is 5.36. The van der Waals surface area contributed by atoms with Crippen LogP contribution in [0.2, 0.25) is 5.02 Å². The summed E-state index contributed by atoms with van der Waals surface area (Å²) in [5.74, 6) is 0. The Morgan fingerprint density at radius 3 is 2.58 bits per heavy atom. The lowest BCUT2D eigenvalue weighted by Gasteiger charge is -2.23. The van der Waals surface area contributed by atoms with Crippen molar-refractivity contribution in [3.05, 3.63) is 27.7 Å². The van der Waals surface area contributed by atoms with Crippen molar-refractivity contribution in [2.75, 3.05) is 6.54 Å². The molecule has 0 heterocycles. The van der Waals surface area contributed by atoms with Crippen molar-refractivity contribution < 1.29 is 8.42 Å². The second-order valence-corrected chi connectivity index (χ2v) is 8.15. The van der Waals surface area contributed by atoms with Crippen molar-refractivity contribution >= 4 is 54.8 Å². The lowest BCUT2D eigenvalue weighted by molar-refractivity contribution is 0.501. The van der Waals surface area contributed by atoms with E-state index in [-0.39, 0.29) is 21.5 Å². The number of nitrogens with two attached hydrogens (primary N) is 1. The van der Waals surface area contributed by atoms with Gasteiger partial charge in [0, 0.05) is 16.4 Å². The molecule has 0 spiro atoms. The molecular formula is C11H14BrClN2O2S2. The van der Waals surface area contributed by atoms with E-state index in [1.807, 2.05) is 0 Å². The Labute approximate surface area is 131 Å². The third-order valence-electron chi connectivity index (χ3n) is 2.55. The minimum atomic E-state index is -3.69. The van der Waals surface area contributed by atoms with E-state index in [0.717, 1.165) is 0 Å². The molecule has 0 saturated heterocycles. The average molecular weight is 386 g/mol. The van der Waals surface area contributed by atoms with Gasteiger partial charge in [-0.25, -0.2) is 13.1 Å². The number of benzene rings is 1. The number of halogens is 2. The average Bonchev–Trinajstić information content (AvgIpc) is 2.26. The van der Waals surface area contributed by atoms with Crippen molar-refractivity contribution in [3.8, 4) is 0 Å². The fourth-order valence-electron chi connectivity index (χ4n) is 1.13. The molecule has 8 heteroatoms. The van der Waals surface area contributed by atoms with E-state index in [4.69, 9.17) is 29.6 Å². The van der Waals surface area contributed by atoms with Crippen molar-refractivity contribution in [2.24, 2.45) is 11.1 Å². The highest BCUT2D eigenvalue weighted by molar-refractivity contribution is 9.10. The van der Waals surface area contributed by atoms with Crippen LogP contribution < -0.4 is 10.5 Å². The zero-order chi connectivity index (χ0) is 14.8. The third-order valence-corrected chi connectivity index (χ3v) is 5.48. The summed E-state index contributed by atoms with van der Waals surface area (Å²) < 4.78 is 27.4. The van der Waals surface area contributed by atoms with E-state index in [9.17, 15) is 8.42 Å². The van der Waals surface area contributed by atoms with Crippen LogP contribution in [0.4, 0.5) is 0 Å². The molecule has 3 N–H and O–H groups in total. The van der Waals surface area contributed by atoms with Gasteiger partial charge in [-0.1, -0.05) is 53.6 Å². The second-order valence-electron chi connectivity index (χ2n) is 4.65. The summed E-state index contributed by atoms with van der Waals surface area (Å²) >= 11 is 14.0. The molecule has 0 aliphatic rings. The van der Waals surface area contributed by atoms with Crippen LogP contribution in [0.1, 0.15) is 13.8 Å². The van der Waals surface area contributed by atoms with Gasteiger partial charge >= 0.3 is 0 Å². The summed E-state index contributed by atoms with van der Waals surface area (Å²) in [5, 5.41) is 0.148.